The Morgan fingerprint density at radius 3 is 2.68 bits per heavy atom. The molecule has 1 saturated heterocycles. The summed E-state index contributed by atoms with van der Waals surface area (Å²) in [5.74, 6) is 1.15. The van der Waals surface area contributed by atoms with E-state index in [1.807, 2.05) is 0 Å². The molecule has 19 heavy (non-hydrogen) atoms. The lowest BCUT2D eigenvalue weighted by molar-refractivity contribution is -0.122. The molecule has 1 aliphatic heterocycles. The third kappa shape index (κ3) is 3.71. The molecule has 1 aliphatic carbocycles. The predicted octanol–water partition coefficient (Wildman–Crippen LogP) is 2.67. The lowest BCUT2D eigenvalue weighted by atomic mass is 9.73. The maximum atomic E-state index is 10.7. The zero-order chi connectivity index (χ0) is 13.8. The van der Waals surface area contributed by atoms with Gasteiger partial charge in [-0.05, 0) is 32.1 Å². The van der Waals surface area contributed by atoms with Gasteiger partial charge in [0.25, 0.3) is 0 Å². The van der Waals surface area contributed by atoms with E-state index in [4.69, 9.17) is 4.74 Å². The summed E-state index contributed by atoms with van der Waals surface area (Å²) in [7, 11) is 0. The molecular weight excluding hydrogens is 238 g/mol. The van der Waals surface area contributed by atoms with Gasteiger partial charge in [-0.1, -0.05) is 32.6 Å². The zero-order valence-electron chi connectivity index (χ0n) is 12.8. The second-order valence-electron chi connectivity index (χ2n) is 6.61. The lowest BCUT2D eigenvalue weighted by Gasteiger charge is -2.42. The second-order valence-corrected chi connectivity index (χ2v) is 6.61. The fourth-order valence-corrected chi connectivity index (χ4v) is 3.84. The van der Waals surface area contributed by atoms with E-state index in [1.165, 1.54) is 32.1 Å². The SMILES string of the molecule is CCC1CCCCC1C(O)C1CN(C(C)C)CCO1. The van der Waals surface area contributed by atoms with Gasteiger partial charge in [-0.3, -0.25) is 4.90 Å². The van der Waals surface area contributed by atoms with Crippen LogP contribution in [0.1, 0.15) is 52.9 Å². The van der Waals surface area contributed by atoms with Gasteiger partial charge in [-0.25, -0.2) is 0 Å². The molecule has 4 atom stereocenters. The van der Waals surface area contributed by atoms with Gasteiger partial charge in [0.1, 0.15) is 0 Å². The minimum absolute atomic E-state index is 0.0216. The van der Waals surface area contributed by atoms with Crippen LogP contribution in [-0.4, -0.2) is 48.0 Å². The first-order chi connectivity index (χ1) is 9.13. The van der Waals surface area contributed by atoms with Crippen molar-refractivity contribution in [3.63, 3.8) is 0 Å². The van der Waals surface area contributed by atoms with Gasteiger partial charge in [0.15, 0.2) is 0 Å². The van der Waals surface area contributed by atoms with Crippen molar-refractivity contribution in [2.45, 2.75) is 71.1 Å². The molecule has 1 N–H and O–H groups in total. The Balaban J connectivity index is 1.95. The van der Waals surface area contributed by atoms with Crippen molar-refractivity contribution >= 4 is 0 Å². The summed E-state index contributed by atoms with van der Waals surface area (Å²) in [5.41, 5.74) is 0. The number of morpholine rings is 1. The fraction of sp³-hybridized carbons (Fsp3) is 1.00. The maximum absolute atomic E-state index is 10.7. The zero-order valence-corrected chi connectivity index (χ0v) is 12.8. The molecule has 1 saturated carbocycles. The average molecular weight is 269 g/mol. The van der Waals surface area contributed by atoms with Crippen LogP contribution in [0.25, 0.3) is 0 Å². The van der Waals surface area contributed by atoms with Crippen molar-refractivity contribution in [1.29, 1.82) is 0 Å². The average Bonchev–Trinajstić information content (AvgIpc) is 2.46. The highest BCUT2D eigenvalue weighted by Crippen LogP contribution is 2.36. The summed E-state index contributed by atoms with van der Waals surface area (Å²) >= 11 is 0. The van der Waals surface area contributed by atoms with Crippen LogP contribution in [0.2, 0.25) is 0 Å². The van der Waals surface area contributed by atoms with Gasteiger partial charge in [0.2, 0.25) is 0 Å². The van der Waals surface area contributed by atoms with Gasteiger partial charge in [-0.15, -0.1) is 0 Å². The van der Waals surface area contributed by atoms with Crippen LogP contribution in [0.5, 0.6) is 0 Å². The molecule has 0 radical (unpaired) electrons. The molecule has 2 fully saturated rings. The summed E-state index contributed by atoms with van der Waals surface area (Å²) in [6.07, 6.45) is 6.03. The van der Waals surface area contributed by atoms with Crippen LogP contribution in [0.4, 0.5) is 0 Å². The van der Waals surface area contributed by atoms with Crippen LogP contribution >= 0.6 is 0 Å². The van der Waals surface area contributed by atoms with Crippen LogP contribution in [0, 0.1) is 11.8 Å². The number of rotatable bonds is 4. The van der Waals surface area contributed by atoms with E-state index in [1.54, 1.807) is 0 Å². The lowest BCUT2D eigenvalue weighted by Crippen LogP contribution is -2.52. The van der Waals surface area contributed by atoms with E-state index >= 15 is 0 Å². The molecule has 0 aromatic rings. The molecule has 0 spiro atoms. The first kappa shape index (κ1) is 15.3. The highest BCUT2D eigenvalue weighted by atomic mass is 16.5. The fourth-order valence-electron chi connectivity index (χ4n) is 3.84. The minimum Gasteiger partial charge on any atom is -0.390 e. The normalized spacial score (nSPS) is 35.5. The van der Waals surface area contributed by atoms with Gasteiger partial charge in [0, 0.05) is 19.1 Å². The highest BCUT2D eigenvalue weighted by molar-refractivity contribution is 4.88. The smallest absolute Gasteiger partial charge is 0.0963 e. The number of nitrogens with zero attached hydrogens (tertiary/aromatic N) is 1. The summed E-state index contributed by atoms with van der Waals surface area (Å²) < 4.78 is 5.87. The number of hydrogen-bond donors (Lipinski definition) is 1. The van der Waals surface area contributed by atoms with Gasteiger partial charge < -0.3 is 9.84 Å². The molecule has 3 heteroatoms. The summed E-state index contributed by atoms with van der Waals surface area (Å²) in [6.45, 7) is 9.38. The Morgan fingerprint density at radius 2 is 2.00 bits per heavy atom. The Hall–Kier alpha value is -0.120. The molecule has 0 aromatic heterocycles. The van der Waals surface area contributed by atoms with Crippen LogP contribution in [0.3, 0.4) is 0 Å². The van der Waals surface area contributed by atoms with Gasteiger partial charge in [-0.2, -0.15) is 0 Å². The van der Waals surface area contributed by atoms with E-state index in [2.05, 4.69) is 25.7 Å². The van der Waals surface area contributed by atoms with Gasteiger partial charge >= 0.3 is 0 Å². The second kappa shape index (κ2) is 7.05. The van der Waals surface area contributed by atoms with E-state index in [-0.39, 0.29) is 12.2 Å². The third-order valence-electron chi connectivity index (χ3n) is 5.17. The molecule has 0 aromatic carbocycles. The molecule has 2 aliphatic rings. The Labute approximate surface area is 118 Å². The largest absolute Gasteiger partial charge is 0.390 e. The van der Waals surface area contributed by atoms with Crippen molar-refractivity contribution in [2.24, 2.45) is 11.8 Å². The number of ether oxygens (including phenoxy) is 1. The number of aliphatic hydroxyl groups is 1. The van der Waals surface area contributed by atoms with Crippen LogP contribution < -0.4 is 0 Å². The van der Waals surface area contributed by atoms with E-state index in [9.17, 15) is 5.11 Å². The summed E-state index contributed by atoms with van der Waals surface area (Å²) in [4.78, 5) is 2.43. The Kier molecular flexibility index (Phi) is 5.67. The van der Waals surface area contributed by atoms with Crippen molar-refractivity contribution in [2.75, 3.05) is 19.7 Å². The Bertz CT molecular complexity index is 269. The first-order valence-corrected chi connectivity index (χ1v) is 8.17. The third-order valence-corrected chi connectivity index (χ3v) is 5.17. The number of hydrogen-bond acceptors (Lipinski definition) is 3. The van der Waals surface area contributed by atoms with E-state index < -0.39 is 0 Å². The van der Waals surface area contributed by atoms with Crippen molar-refractivity contribution in [3.05, 3.63) is 0 Å². The van der Waals surface area contributed by atoms with Crippen molar-refractivity contribution in [3.8, 4) is 0 Å². The summed E-state index contributed by atoms with van der Waals surface area (Å²) in [5, 5.41) is 10.7. The molecule has 1 heterocycles. The molecule has 112 valence electrons. The molecule has 0 bridgehead atoms. The Morgan fingerprint density at radius 1 is 1.26 bits per heavy atom. The molecule has 3 nitrogen and oxygen atoms in total. The molecule has 4 unspecified atom stereocenters. The van der Waals surface area contributed by atoms with E-state index in [0.29, 0.717) is 17.9 Å². The number of aliphatic hydroxyl groups excluding tert-OH is 1. The molecule has 2 rings (SSSR count). The van der Waals surface area contributed by atoms with Crippen LogP contribution in [0.15, 0.2) is 0 Å². The molecular formula is C16H31NO2. The standard InChI is InChI=1S/C16H31NO2/c1-4-13-7-5-6-8-14(13)16(18)15-11-17(12(2)3)9-10-19-15/h12-16,18H,4-11H2,1-3H3. The summed E-state index contributed by atoms with van der Waals surface area (Å²) in [6, 6.07) is 0.548. The van der Waals surface area contributed by atoms with Crippen LogP contribution in [-0.2, 0) is 4.74 Å². The minimum atomic E-state index is -0.271. The predicted molar refractivity (Wildman–Crippen MR) is 78.2 cm³/mol. The highest BCUT2D eigenvalue weighted by Gasteiger charge is 2.37. The quantitative estimate of drug-likeness (QED) is 0.851. The van der Waals surface area contributed by atoms with Gasteiger partial charge in [0.05, 0.1) is 18.8 Å². The van der Waals surface area contributed by atoms with Crippen molar-refractivity contribution in [1.82, 2.24) is 4.90 Å². The topological polar surface area (TPSA) is 32.7 Å². The van der Waals surface area contributed by atoms with Crippen molar-refractivity contribution < 1.29 is 9.84 Å². The monoisotopic (exact) mass is 269 g/mol. The first-order valence-electron chi connectivity index (χ1n) is 8.17. The maximum Gasteiger partial charge on any atom is 0.0963 e. The van der Waals surface area contributed by atoms with E-state index in [0.717, 1.165) is 19.7 Å². The molecule has 0 amide bonds.